The number of rotatable bonds is 6. The van der Waals surface area contributed by atoms with E-state index in [4.69, 9.17) is 5.11 Å². The SMILES string of the molecule is CC(C)NS(=O)(=O)c1ccc(N2CC[NH+](CCO)CC2)[nH+]c1. The molecule has 1 fully saturated rings. The lowest BCUT2D eigenvalue weighted by molar-refractivity contribution is -0.901. The normalized spacial score (nSPS) is 17.2. The van der Waals surface area contributed by atoms with E-state index < -0.39 is 10.0 Å². The first-order chi connectivity index (χ1) is 10.4. The number of piperazine rings is 1. The lowest BCUT2D eigenvalue weighted by Gasteiger charge is -2.27. The Balaban J connectivity index is 2.01. The van der Waals surface area contributed by atoms with Crippen LogP contribution in [-0.4, -0.2) is 58.9 Å². The second kappa shape index (κ2) is 7.36. The third-order valence-electron chi connectivity index (χ3n) is 3.75. The molecule has 22 heavy (non-hydrogen) atoms. The molecule has 2 rings (SSSR count). The van der Waals surface area contributed by atoms with Gasteiger partial charge in [-0.15, -0.1) is 0 Å². The topological polar surface area (TPSA) is 88.2 Å². The molecule has 1 aromatic heterocycles. The molecule has 0 saturated carbocycles. The molecule has 124 valence electrons. The summed E-state index contributed by atoms with van der Waals surface area (Å²) in [6, 6.07) is 3.31. The minimum Gasteiger partial charge on any atom is -0.391 e. The van der Waals surface area contributed by atoms with Crippen LogP contribution < -0.4 is 19.5 Å². The fourth-order valence-electron chi connectivity index (χ4n) is 2.62. The minimum atomic E-state index is -3.45. The molecule has 0 unspecified atom stereocenters. The molecule has 1 saturated heterocycles. The highest BCUT2D eigenvalue weighted by Crippen LogP contribution is 2.11. The van der Waals surface area contributed by atoms with Crippen molar-refractivity contribution in [3.63, 3.8) is 0 Å². The summed E-state index contributed by atoms with van der Waals surface area (Å²) in [5.41, 5.74) is 0. The fraction of sp³-hybridized carbons (Fsp3) is 0.643. The molecule has 8 heteroatoms. The van der Waals surface area contributed by atoms with Crippen LogP contribution in [0, 0.1) is 0 Å². The fourth-order valence-corrected chi connectivity index (χ4v) is 3.83. The van der Waals surface area contributed by atoms with E-state index in [2.05, 4.69) is 14.6 Å². The van der Waals surface area contributed by atoms with E-state index in [1.807, 2.05) is 6.07 Å². The van der Waals surface area contributed by atoms with Gasteiger partial charge in [0.1, 0.15) is 43.8 Å². The van der Waals surface area contributed by atoms with Gasteiger partial charge in [-0.3, -0.25) is 4.90 Å². The van der Waals surface area contributed by atoms with Crippen molar-refractivity contribution in [2.45, 2.75) is 24.8 Å². The van der Waals surface area contributed by atoms with Crippen LogP contribution in [0.25, 0.3) is 0 Å². The number of aliphatic hydroxyl groups excluding tert-OH is 1. The van der Waals surface area contributed by atoms with E-state index in [1.165, 1.54) is 11.1 Å². The van der Waals surface area contributed by atoms with Gasteiger partial charge >= 0.3 is 0 Å². The number of hydrogen-bond donors (Lipinski definition) is 3. The van der Waals surface area contributed by atoms with E-state index >= 15 is 0 Å². The maximum atomic E-state index is 12.1. The molecule has 1 aliphatic rings. The van der Waals surface area contributed by atoms with Crippen molar-refractivity contribution in [2.24, 2.45) is 0 Å². The first-order valence-corrected chi connectivity index (χ1v) is 9.14. The number of H-pyrrole nitrogens is 1. The number of anilines is 1. The average Bonchev–Trinajstić information content (AvgIpc) is 2.47. The predicted octanol–water partition coefficient (Wildman–Crippen LogP) is -2.12. The van der Waals surface area contributed by atoms with Crippen molar-refractivity contribution in [2.75, 3.05) is 44.2 Å². The van der Waals surface area contributed by atoms with E-state index in [9.17, 15) is 8.42 Å². The summed E-state index contributed by atoms with van der Waals surface area (Å²) in [7, 11) is -3.45. The zero-order valence-electron chi connectivity index (χ0n) is 13.2. The lowest BCUT2D eigenvalue weighted by Crippen LogP contribution is -3.15. The molecule has 2 heterocycles. The number of aliphatic hydroxyl groups is 1. The van der Waals surface area contributed by atoms with Crippen LogP contribution in [-0.2, 0) is 10.0 Å². The van der Waals surface area contributed by atoms with Crippen LogP contribution in [0.1, 0.15) is 13.8 Å². The van der Waals surface area contributed by atoms with Crippen LogP contribution in [0.15, 0.2) is 23.2 Å². The van der Waals surface area contributed by atoms with Gasteiger partial charge in [0.25, 0.3) is 5.82 Å². The van der Waals surface area contributed by atoms with Gasteiger partial charge in [0.2, 0.25) is 10.0 Å². The summed E-state index contributed by atoms with van der Waals surface area (Å²) in [5, 5.41) is 8.97. The molecule has 1 aromatic rings. The van der Waals surface area contributed by atoms with Crippen molar-refractivity contribution in [3.05, 3.63) is 18.3 Å². The van der Waals surface area contributed by atoms with Crippen molar-refractivity contribution in [3.8, 4) is 0 Å². The molecule has 7 nitrogen and oxygen atoms in total. The number of pyridine rings is 1. The van der Waals surface area contributed by atoms with Gasteiger partial charge in [-0.2, -0.15) is 0 Å². The number of aromatic amines is 1. The van der Waals surface area contributed by atoms with Crippen molar-refractivity contribution < 1.29 is 23.4 Å². The first-order valence-electron chi connectivity index (χ1n) is 7.66. The van der Waals surface area contributed by atoms with Crippen LogP contribution in [0.3, 0.4) is 0 Å². The number of quaternary nitrogens is 1. The van der Waals surface area contributed by atoms with Crippen molar-refractivity contribution in [1.82, 2.24) is 4.72 Å². The Kier molecular flexibility index (Phi) is 5.74. The van der Waals surface area contributed by atoms with Crippen molar-refractivity contribution in [1.29, 1.82) is 0 Å². The molecule has 0 radical (unpaired) electrons. The highest BCUT2D eigenvalue weighted by atomic mass is 32.2. The van der Waals surface area contributed by atoms with Crippen LogP contribution in [0.2, 0.25) is 0 Å². The third-order valence-corrected chi connectivity index (χ3v) is 5.40. The second-order valence-electron chi connectivity index (χ2n) is 5.90. The molecule has 1 aliphatic heterocycles. The maximum Gasteiger partial charge on any atom is 0.274 e. The van der Waals surface area contributed by atoms with Gasteiger partial charge < -0.3 is 10.0 Å². The standard InChI is InChI=1S/C14H24N4O3S/c1-12(2)16-22(20,21)13-3-4-14(15-11-13)18-7-5-17(6-8-18)9-10-19/h3-4,11-12,16,19H,5-10H2,1-2H3/p+2. The number of nitrogens with zero attached hydrogens (tertiary/aromatic N) is 1. The van der Waals surface area contributed by atoms with E-state index in [0.29, 0.717) is 0 Å². The Morgan fingerprint density at radius 3 is 2.55 bits per heavy atom. The van der Waals surface area contributed by atoms with Crippen LogP contribution in [0.4, 0.5) is 5.82 Å². The lowest BCUT2D eigenvalue weighted by atomic mass is 10.3. The number of hydrogen-bond acceptors (Lipinski definition) is 4. The minimum absolute atomic E-state index is 0.132. The number of sulfonamides is 1. The number of aromatic nitrogens is 1. The summed E-state index contributed by atoms with van der Waals surface area (Å²) in [5.74, 6) is 0.923. The Labute approximate surface area is 132 Å². The van der Waals surface area contributed by atoms with Gasteiger partial charge in [-0.25, -0.2) is 18.1 Å². The summed E-state index contributed by atoms with van der Waals surface area (Å²) in [4.78, 5) is 6.93. The molecule has 0 atom stereocenters. The smallest absolute Gasteiger partial charge is 0.274 e. The molecule has 4 N–H and O–H groups in total. The Morgan fingerprint density at radius 1 is 1.36 bits per heavy atom. The Bertz CT molecular complexity index is 566. The zero-order valence-corrected chi connectivity index (χ0v) is 14.0. The largest absolute Gasteiger partial charge is 0.391 e. The quantitative estimate of drug-likeness (QED) is 0.557. The highest BCUT2D eigenvalue weighted by molar-refractivity contribution is 7.89. The van der Waals surface area contributed by atoms with Crippen LogP contribution in [0.5, 0.6) is 0 Å². The van der Waals surface area contributed by atoms with Crippen molar-refractivity contribution >= 4 is 15.8 Å². The Morgan fingerprint density at radius 2 is 2.05 bits per heavy atom. The summed E-state index contributed by atoms with van der Waals surface area (Å²) >= 11 is 0. The predicted molar refractivity (Wildman–Crippen MR) is 83.3 cm³/mol. The van der Waals surface area contributed by atoms with E-state index in [1.54, 1.807) is 19.9 Å². The summed E-state index contributed by atoms with van der Waals surface area (Å²) in [6.45, 7) is 8.33. The zero-order chi connectivity index (χ0) is 16.2. The molecule has 0 aromatic carbocycles. The molecule has 0 spiro atoms. The monoisotopic (exact) mass is 330 g/mol. The Hall–Kier alpha value is -1.22. The molecular weight excluding hydrogens is 304 g/mol. The van der Waals surface area contributed by atoms with Gasteiger partial charge in [-0.05, 0) is 19.9 Å². The van der Waals surface area contributed by atoms with Crippen LogP contribution >= 0.6 is 0 Å². The molecule has 0 amide bonds. The molecule has 0 aliphatic carbocycles. The second-order valence-corrected chi connectivity index (χ2v) is 7.61. The maximum absolute atomic E-state index is 12.1. The number of nitrogens with one attached hydrogen (secondary N) is 3. The van der Waals surface area contributed by atoms with Gasteiger partial charge in [0, 0.05) is 12.1 Å². The van der Waals surface area contributed by atoms with Gasteiger partial charge in [-0.1, -0.05) is 0 Å². The molecular formula is C14H26N4O3S+2. The average molecular weight is 330 g/mol. The van der Waals surface area contributed by atoms with E-state index in [0.717, 1.165) is 38.5 Å². The summed E-state index contributed by atoms with van der Waals surface area (Å²) < 4.78 is 26.7. The van der Waals surface area contributed by atoms with Gasteiger partial charge in [0.15, 0.2) is 0 Å². The van der Waals surface area contributed by atoms with E-state index in [-0.39, 0.29) is 17.5 Å². The first kappa shape index (κ1) is 17.1. The highest BCUT2D eigenvalue weighted by Gasteiger charge is 2.26. The third kappa shape index (κ3) is 4.39. The molecule has 0 bridgehead atoms. The summed E-state index contributed by atoms with van der Waals surface area (Å²) in [6.07, 6.45) is 1.53. The van der Waals surface area contributed by atoms with Gasteiger partial charge in [0.05, 0.1) is 6.61 Å².